The van der Waals surface area contributed by atoms with Crippen LogP contribution in [-0.4, -0.2) is 0 Å². The van der Waals surface area contributed by atoms with E-state index >= 15 is 0 Å². The maximum atomic E-state index is 3.47. The number of thiophene rings is 2. The van der Waals surface area contributed by atoms with Crippen LogP contribution in [0.25, 0.3) is 11.1 Å². The molecule has 0 aliphatic carbocycles. The third kappa shape index (κ3) is 16.3. The van der Waals surface area contributed by atoms with Crippen LogP contribution in [0.5, 0.6) is 0 Å². The van der Waals surface area contributed by atoms with Crippen LogP contribution < -0.4 is 0 Å². The summed E-state index contributed by atoms with van der Waals surface area (Å²) in [4.78, 5) is 0. The van der Waals surface area contributed by atoms with Gasteiger partial charge in [0.1, 0.15) is 0 Å². The molecule has 0 bridgehead atoms. The summed E-state index contributed by atoms with van der Waals surface area (Å²) in [5, 5.41) is 8.43. The Hall–Kier alpha value is -1.20. The molecule has 2 atom stereocenters. The van der Waals surface area contributed by atoms with Gasteiger partial charge < -0.3 is 0 Å². The molecule has 0 spiro atoms. The first-order valence-electron chi connectivity index (χ1n) is 15.0. The second kappa shape index (κ2) is 23.3. The highest BCUT2D eigenvalue weighted by Crippen LogP contribution is 2.25. The molecule has 0 saturated heterocycles. The van der Waals surface area contributed by atoms with Gasteiger partial charge >= 0.3 is 0 Å². The highest BCUT2D eigenvalue weighted by Gasteiger charge is 2.08. The van der Waals surface area contributed by atoms with Crippen molar-refractivity contribution in [3.63, 3.8) is 0 Å². The second-order valence-electron chi connectivity index (χ2n) is 10.5. The van der Waals surface area contributed by atoms with Crippen LogP contribution >= 0.6 is 54.5 Å². The topological polar surface area (TPSA) is 0 Å². The molecule has 2 aromatic carbocycles. The quantitative estimate of drug-likeness (QED) is 0.129. The summed E-state index contributed by atoms with van der Waals surface area (Å²) in [5.41, 5.74) is 5.64. The molecule has 0 fully saturated rings. The van der Waals surface area contributed by atoms with Crippen molar-refractivity contribution in [2.24, 2.45) is 11.8 Å². The van der Waals surface area contributed by atoms with Gasteiger partial charge in [0.15, 0.2) is 0 Å². The van der Waals surface area contributed by atoms with Crippen molar-refractivity contribution in [2.75, 3.05) is 0 Å². The van der Waals surface area contributed by atoms with Gasteiger partial charge in [0.05, 0.1) is 0 Å². The first-order valence-corrected chi connectivity index (χ1v) is 18.5. The maximum absolute atomic E-state index is 3.47. The zero-order valence-corrected chi connectivity index (χ0v) is 29.7. The molecular formula is C37H52Br2S2. The van der Waals surface area contributed by atoms with Gasteiger partial charge in [-0.25, -0.2) is 0 Å². The fourth-order valence-electron chi connectivity index (χ4n) is 4.68. The molecule has 0 aliphatic heterocycles. The normalized spacial score (nSPS) is 11.8. The molecular weight excluding hydrogens is 668 g/mol. The van der Waals surface area contributed by atoms with E-state index in [0.717, 1.165) is 11.8 Å². The summed E-state index contributed by atoms with van der Waals surface area (Å²) in [6, 6.07) is 22.1. The molecule has 2 aromatic heterocycles. The smallest absolute Gasteiger partial charge is 0.0282 e. The van der Waals surface area contributed by atoms with Crippen LogP contribution in [0.2, 0.25) is 0 Å². The molecule has 4 aromatic rings. The minimum atomic E-state index is 0. The molecule has 226 valence electrons. The highest BCUT2D eigenvalue weighted by molar-refractivity contribution is 9.10. The zero-order valence-electron chi connectivity index (χ0n) is 24.9. The summed E-state index contributed by atoms with van der Waals surface area (Å²) in [5.74, 6) is 1.72. The van der Waals surface area contributed by atoms with E-state index in [1.807, 2.05) is 16.8 Å². The fourth-order valence-corrected chi connectivity index (χ4v) is 6.76. The standard InChI is InChI=1S/C18H24S.C14H21Br.C4H3BrS.CH4/c1-3-5-6-15(4-2)13-16-7-9-17(10-8-16)18-11-12-19-14-18;1-3-5-6-12(4-2)11-13-7-9-14(15)10-8-13;5-4-1-2-6-3-4;/h7-12,14-15H,3-6,13H2,1-2H3;7-10,12H,3-6,11H2,1-2H3;1-3H;1H4. The van der Waals surface area contributed by atoms with Gasteiger partial charge in [0.25, 0.3) is 0 Å². The van der Waals surface area contributed by atoms with Crippen LogP contribution in [0.15, 0.2) is 91.1 Å². The monoisotopic (exact) mass is 718 g/mol. The Morgan fingerprint density at radius 1 is 0.561 bits per heavy atom. The van der Waals surface area contributed by atoms with Gasteiger partial charge in [-0.05, 0) is 103 Å². The van der Waals surface area contributed by atoms with E-state index in [2.05, 4.69) is 125 Å². The Morgan fingerprint density at radius 3 is 1.41 bits per heavy atom. The van der Waals surface area contributed by atoms with Crippen LogP contribution in [0.1, 0.15) is 97.6 Å². The van der Waals surface area contributed by atoms with Crippen molar-refractivity contribution < 1.29 is 0 Å². The molecule has 4 heteroatoms. The van der Waals surface area contributed by atoms with Gasteiger partial charge in [-0.15, -0.1) is 0 Å². The predicted octanol–water partition coefficient (Wildman–Crippen LogP) is 14.5. The molecule has 0 aliphatic rings. The van der Waals surface area contributed by atoms with Gasteiger partial charge in [-0.3, -0.25) is 0 Å². The summed E-state index contributed by atoms with van der Waals surface area (Å²) in [6.07, 6.45) is 13.2. The van der Waals surface area contributed by atoms with E-state index in [9.17, 15) is 0 Å². The fraction of sp³-hybridized carbons (Fsp3) is 0.459. The molecule has 0 nitrogen and oxygen atoms in total. The van der Waals surface area contributed by atoms with Crippen molar-refractivity contribution in [1.82, 2.24) is 0 Å². The average Bonchev–Trinajstić information content (AvgIpc) is 3.70. The highest BCUT2D eigenvalue weighted by atomic mass is 79.9. The Balaban J connectivity index is 0.000000340. The van der Waals surface area contributed by atoms with Crippen molar-refractivity contribution >= 4 is 54.5 Å². The first-order chi connectivity index (χ1) is 19.5. The lowest BCUT2D eigenvalue weighted by molar-refractivity contribution is 0.449. The van der Waals surface area contributed by atoms with Crippen molar-refractivity contribution in [3.8, 4) is 11.1 Å². The van der Waals surface area contributed by atoms with Gasteiger partial charge in [0, 0.05) is 14.3 Å². The zero-order chi connectivity index (χ0) is 29.0. The molecule has 0 saturated carbocycles. The Kier molecular flexibility index (Phi) is 21.5. The number of benzene rings is 2. The van der Waals surface area contributed by atoms with Gasteiger partial charge in [-0.1, -0.05) is 139 Å². The van der Waals surface area contributed by atoms with Crippen molar-refractivity contribution in [1.29, 1.82) is 0 Å². The third-order valence-corrected chi connectivity index (χ3v) is 10.0. The molecule has 4 rings (SSSR count). The SMILES string of the molecule is Brc1ccsc1.C.CCCCC(CC)Cc1ccc(-c2ccsc2)cc1.CCCCC(CC)Cc1ccc(Br)cc1. The maximum Gasteiger partial charge on any atom is 0.0282 e. The number of hydrogen-bond acceptors (Lipinski definition) is 2. The molecule has 0 N–H and O–H groups in total. The second-order valence-corrected chi connectivity index (χ2v) is 13.9. The predicted molar refractivity (Wildman–Crippen MR) is 197 cm³/mol. The number of unbranched alkanes of at least 4 members (excludes halogenated alkanes) is 2. The summed E-state index contributed by atoms with van der Waals surface area (Å²) in [6.45, 7) is 9.17. The number of hydrogen-bond donors (Lipinski definition) is 0. The number of halogens is 2. The minimum absolute atomic E-state index is 0. The van der Waals surface area contributed by atoms with Crippen LogP contribution in [0.3, 0.4) is 0 Å². The first kappa shape index (κ1) is 37.8. The largest absolute Gasteiger partial charge is 0.152 e. The van der Waals surface area contributed by atoms with E-state index in [1.165, 1.54) is 95.4 Å². The molecule has 2 unspecified atom stereocenters. The van der Waals surface area contributed by atoms with E-state index in [1.54, 1.807) is 22.7 Å². The van der Waals surface area contributed by atoms with Gasteiger partial charge in [0.2, 0.25) is 0 Å². The molecule has 0 amide bonds. The third-order valence-electron chi connectivity index (χ3n) is 7.34. The molecule has 41 heavy (non-hydrogen) atoms. The van der Waals surface area contributed by atoms with E-state index in [4.69, 9.17) is 0 Å². The Morgan fingerprint density at radius 2 is 1.05 bits per heavy atom. The Labute approximate surface area is 277 Å². The summed E-state index contributed by atoms with van der Waals surface area (Å²) in [7, 11) is 0. The van der Waals surface area contributed by atoms with Crippen LogP contribution in [-0.2, 0) is 12.8 Å². The van der Waals surface area contributed by atoms with Crippen LogP contribution in [0.4, 0.5) is 0 Å². The van der Waals surface area contributed by atoms with E-state index in [-0.39, 0.29) is 7.43 Å². The Bertz CT molecular complexity index is 1100. The van der Waals surface area contributed by atoms with Crippen molar-refractivity contribution in [2.45, 2.75) is 99.3 Å². The van der Waals surface area contributed by atoms with Crippen molar-refractivity contribution in [3.05, 3.63) is 102 Å². The van der Waals surface area contributed by atoms with E-state index < -0.39 is 0 Å². The lowest BCUT2D eigenvalue weighted by Crippen LogP contribution is -2.03. The lowest BCUT2D eigenvalue weighted by atomic mass is 9.91. The minimum Gasteiger partial charge on any atom is -0.152 e. The summed E-state index contributed by atoms with van der Waals surface area (Å²) >= 11 is 10.2. The number of rotatable bonds is 13. The molecule has 2 heterocycles. The molecule has 0 radical (unpaired) electrons. The van der Waals surface area contributed by atoms with E-state index in [0.29, 0.717) is 0 Å². The lowest BCUT2D eigenvalue weighted by Gasteiger charge is -2.14. The average molecular weight is 721 g/mol. The van der Waals surface area contributed by atoms with Crippen LogP contribution in [0, 0.1) is 11.8 Å². The van der Waals surface area contributed by atoms with Gasteiger partial charge in [-0.2, -0.15) is 22.7 Å². The summed E-state index contributed by atoms with van der Waals surface area (Å²) < 4.78 is 2.35.